The quantitative estimate of drug-likeness (QED) is 0.660. The Morgan fingerprint density at radius 3 is 2.33 bits per heavy atom. The van der Waals surface area contributed by atoms with Crippen LogP contribution in [-0.4, -0.2) is 30.6 Å². The van der Waals surface area contributed by atoms with Crippen molar-refractivity contribution >= 4 is 11.6 Å². The molecule has 0 unspecified atom stereocenters. The molecule has 0 aliphatic heterocycles. The van der Waals surface area contributed by atoms with Crippen LogP contribution in [0.15, 0.2) is 12.1 Å². The Morgan fingerprint density at radius 2 is 1.83 bits per heavy atom. The number of hydrogen-bond donors (Lipinski definition) is 1. The molecule has 0 spiro atoms. The van der Waals surface area contributed by atoms with E-state index in [0.717, 1.165) is 7.05 Å². The van der Waals surface area contributed by atoms with Gasteiger partial charge in [-0.05, 0) is 6.07 Å². The van der Waals surface area contributed by atoms with Gasteiger partial charge in [-0.2, -0.15) is 13.2 Å². The van der Waals surface area contributed by atoms with E-state index < -0.39 is 41.5 Å². The molecule has 0 fully saturated rings. The van der Waals surface area contributed by atoms with E-state index in [-0.39, 0.29) is 4.90 Å². The van der Waals surface area contributed by atoms with Crippen LogP contribution >= 0.6 is 0 Å². The fourth-order valence-corrected chi connectivity index (χ4v) is 1.28. The van der Waals surface area contributed by atoms with Gasteiger partial charge in [0.1, 0.15) is 18.2 Å². The summed E-state index contributed by atoms with van der Waals surface area (Å²) in [5.41, 5.74) is 3.90. The average molecular weight is 268 g/mol. The molecule has 2 N–H and O–H groups in total. The van der Waals surface area contributed by atoms with Gasteiger partial charge in [0, 0.05) is 13.1 Å². The molecule has 0 saturated carbocycles. The number of nitrogens with two attached hydrogens (primary N) is 1. The Balaban J connectivity index is 3.01. The molecule has 100 valence electrons. The van der Waals surface area contributed by atoms with Crippen molar-refractivity contribution in [2.75, 3.05) is 19.3 Å². The number of rotatable bonds is 2. The van der Waals surface area contributed by atoms with E-state index in [9.17, 15) is 26.7 Å². The zero-order valence-corrected chi connectivity index (χ0v) is 9.18. The highest BCUT2D eigenvalue weighted by Crippen LogP contribution is 2.20. The summed E-state index contributed by atoms with van der Waals surface area (Å²) < 4.78 is 62.2. The highest BCUT2D eigenvalue weighted by atomic mass is 19.4. The Morgan fingerprint density at radius 1 is 1.28 bits per heavy atom. The normalized spacial score (nSPS) is 11.4. The maximum absolute atomic E-state index is 13.2. The second kappa shape index (κ2) is 4.79. The van der Waals surface area contributed by atoms with Gasteiger partial charge in [0.15, 0.2) is 0 Å². The summed E-state index contributed by atoms with van der Waals surface area (Å²) in [4.78, 5) is 11.8. The van der Waals surface area contributed by atoms with Crippen LogP contribution in [0.1, 0.15) is 10.4 Å². The lowest BCUT2D eigenvalue weighted by molar-refractivity contribution is -0.138. The van der Waals surface area contributed by atoms with Crippen molar-refractivity contribution in [2.24, 2.45) is 0 Å². The molecule has 1 rings (SSSR count). The van der Waals surface area contributed by atoms with E-state index in [4.69, 9.17) is 5.73 Å². The first-order chi connectivity index (χ1) is 8.11. The van der Waals surface area contributed by atoms with Crippen molar-refractivity contribution in [3.05, 3.63) is 29.3 Å². The lowest BCUT2D eigenvalue weighted by atomic mass is 10.1. The monoisotopic (exact) mass is 268 g/mol. The van der Waals surface area contributed by atoms with Crippen LogP contribution in [0.2, 0.25) is 0 Å². The number of nitrogen functional groups attached to an aromatic ring is 1. The highest BCUT2D eigenvalue weighted by Gasteiger charge is 2.32. The molecule has 0 radical (unpaired) electrons. The van der Waals surface area contributed by atoms with Crippen LogP contribution in [-0.2, 0) is 0 Å². The predicted molar refractivity (Wildman–Crippen MR) is 53.8 cm³/mol. The zero-order chi connectivity index (χ0) is 14.1. The lowest BCUT2D eigenvalue weighted by Crippen LogP contribution is -2.36. The molecule has 1 amide bonds. The molecule has 8 heteroatoms. The number of hydrogen-bond acceptors (Lipinski definition) is 2. The molecule has 3 nitrogen and oxygen atoms in total. The molecule has 0 aliphatic carbocycles. The van der Waals surface area contributed by atoms with E-state index in [2.05, 4.69) is 0 Å². The first kappa shape index (κ1) is 14.2. The van der Waals surface area contributed by atoms with Gasteiger partial charge in [-0.25, -0.2) is 8.78 Å². The van der Waals surface area contributed by atoms with Crippen LogP contribution in [0, 0.1) is 11.6 Å². The number of nitrogens with zero attached hydrogens (tertiary/aromatic N) is 1. The minimum atomic E-state index is -4.60. The van der Waals surface area contributed by atoms with Gasteiger partial charge in [-0.15, -0.1) is 0 Å². The summed E-state index contributed by atoms with van der Waals surface area (Å²) in [5.74, 6) is -3.57. The van der Waals surface area contributed by atoms with E-state index in [1.165, 1.54) is 0 Å². The highest BCUT2D eigenvalue weighted by molar-refractivity contribution is 5.95. The molecule has 0 aromatic heterocycles. The van der Waals surface area contributed by atoms with Gasteiger partial charge in [0.25, 0.3) is 5.91 Å². The van der Waals surface area contributed by atoms with E-state index in [0.29, 0.717) is 12.1 Å². The smallest absolute Gasteiger partial charge is 0.396 e. The molecule has 0 saturated heterocycles. The van der Waals surface area contributed by atoms with Crippen LogP contribution in [0.25, 0.3) is 0 Å². The van der Waals surface area contributed by atoms with Gasteiger partial charge >= 0.3 is 6.18 Å². The minimum Gasteiger partial charge on any atom is -0.396 e. The van der Waals surface area contributed by atoms with E-state index in [1.54, 1.807) is 0 Å². The predicted octanol–water partition coefficient (Wildman–Crippen LogP) is 2.18. The van der Waals surface area contributed by atoms with E-state index in [1.807, 2.05) is 0 Å². The SMILES string of the molecule is CN(CC(F)(F)F)C(=O)c1cc(N)c(F)cc1F. The average Bonchev–Trinajstić information content (AvgIpc) is 2.20. The third-order valence-corrected chi connectivity index (χ3v) is 2.08. The maximum atomic E-state index is 13.2. The molecule has 18 heavy (non-hydrogen) atoms. The summed E-state index contributed by atoms with van der Waals surface area (Å²) in [6.45, 7) is -1.54. The van der Waals surface area contributed by atoms with Gasteiger partial charge in [-0.1, -0.05) is 0 Å². The molecular formula is C10H9F5N2O. The number of benzene rings is 1. The number of carbonyl (C=O) groups is 1. The zero-order valence-electron chi connectivity index (χ0n) is 9.18. The number of anilines is 1. The van der Waals surface area contributed by atoms with Crippen LogP contribution in [0.4, 0.5) is 27.6 Å². The first-order valence-electron chi connectivity index (χ1n) is 4.68. The minimum absolute atomic E-state index is 0.274. The van der Waals surface area contributed by atoms with Gasteiger partial charge < -0.3 is 10.6 Å². The summed E-state index contributed by atoms with van der Waals surface area (Å²) in [5, 5.41) is 0. The summed E-state index contributed by atoms with van der Waals surface area (Å²) >= 11 is 0. The standard InChI is InChI=1S/C10H9F5N2O/c1-17(4-10(13,14)15)9(18)5-2-8(16)7(12)3-6(5)11/h2-3H,4,16H2,1H3. The fraction of sp³-hybridized carbons (Fsp3) is 0.300. The van der Waals surface area contributed by atoms with Crippen molar-refractivity contribution in [1.82, 2.24) is 4.90 Å². The van der Waals surface area contributed by atoms with Gasteiger partial charge in [0.05, 0.1) is 11.3 Å². The molecule has 0 bridgehead atoms. The largest absolute Gasteiger partial charge is 0.406 e. The topological polar surface area (TPSA) is 46.3 Å². The van der Waals surface area contributed by atoms with Crippen LogP contribution < -0.4 is 5.73 Å². The van der Waals surface area contributed by atoms with Gasteiger partial charge in [0.2, 0.25) is 0 Å². The number of amides is 1. The fourth-order valence-electron chi connectivity index (χ4n) is 1.28. The lowest BCUT2D eigenvalue weighted by Gasteiger charge is -2.19. The number of halogens is 5. The third-order valence-electron chi connectivity index (χ3n) is 2.08. The summed E-state index contributed by atoms with van der Waals surface area (Å²) in [7, 11) is 0.856. The molecule has 0 heterocycles. The van der Waals surface area contributed by atoms with Crippen LogP contribution in [0.5, 0.6) is 0 Å². The van der Waals surface area contributed by atoms with Crippen molar-refractivity contribution in [3.8, 4) is 0 Å². The molecule has 1 aromatic rings. The van der Waals surface area contributed by atoms with Crippen LogP contribution in [0.3, 0.4) is 0 Å². The van der Waals surface area contributed by atoms with Crippen molar-refractivity contribution in [2.45, 2.75) is 6.18 Å². The maximum Gasteiger partial charge on any atom is 0.406 e. The summed E-state index contributed by atoms with van der Waals surface area (Å²) in [6, 6.07) is 1.02. The molecule has 1 aromatic carbocycles. The Labute approximate surface area is 99.0 Å². The Kier molecular flexibility index (Phi) is 3.78. The Hall–Kier alpha value is -1.86. The number of alkyl halides is 3. The molecule has 0 atom stereocenters. The summed E-state index contributed by atoms with van der Waals surface area (Å²) in [6.07, 6.45) is -4.60. The van der Waals surface area contributed by atoms with Gasteiger partial charge in [-0.3, -0.25) is 4.79 Å². The van der Waals surface area contributed by atoms with E-state index >= 15 is 0 Å². The molecular weight excluding hydrogens is 259 g/mol. The third kappa shape index (κ3) is 3.31. The van der Waals surface area contributed by atoms with Crippen molar-refractivity contribution < 1.29 is 26.7 Å². The van der Waals surface area contributed by atoms with Crippen molar-refractivity contribution in [1.29, 1.82) is 0 Å². The molecule has 0 aliphatic rings. The second-order valence-electron chi connectivity index (χ2n) is 3.63. The second-order valence-corrected chi connectivity index (χ2v) is 3.63. The first-order valence-corrected chi connectivity index (χ1v) is 4.68. The number of carbonyl (C=O) groups excluding carboxylic acids is 1. The Bertz CT molecular complexity index is 472. The van der Waals surface area contributed by atoms with Crippen molar-refractivity contribution in [3.63, 3.8) is 0 Å².